The Hall–Kier alpha value is -1.16. The van der Waals surface area contributed by atoms with Crippen molar-refractivity contribution in [3.05, 3.63) is 17.5 Å². The maximum atomic E-state index is 5.58. The Morgan fingerprint density at radius 3 is 2.64 bits per heavy atom. The van der Waals surface area contributed by atoms with E-state index >= 15 is 0 Å². The number of nitrogens with zero attached hydrogens (tertiary/aromatic N) is 3. The van der Waals surface area contributed by atoms with E-state index in [9.17, 15) is 0 Å². The average Bonchev–Trinajstić information content (AvgIpc) is 2.20. The van der Waals surface area contributed by atoms with Crippen LogP contribution in [0.1, 0.15) is 18.2 Å². The molecule has 2 N–H and O–H groups in total. The van der Waals surface area contributed by atoms with Crippen LogP contribution in [0.25, 0.3) is 0 Å². The van der Waals surface area contributed by atoms with Crippen LogP contribution in [0, 0.1) is 13.8 Å². The van der Waals surface area contributed by atoms with E-state index in [1.165, 1.54) is 0 Å². The summed E-state index contributed by atoms with van der Waals surface area (Å²) in [6, 6.07) is 0.261. The zero-order chi connectivity index (χ0) is 10.7. The smallest absolute Gasteiger partial charge is 0.225 e. The topological polar surface area (TPSA) is 55.0 Å². The number of aromatic nitrogens is 2. The fraction of sp³-hybridized carbons (Fsp3) is 0.600. The van der Waals surface area contributed by atoms with Gasteiger partial charge in [0, 0.05) is 31.5 Å². The highest BCUT2D eigenvalue weighted by molar-refractivity contribution is 5.32. The molecule has 0 radical (unpaired) electrons. The largest absolute Gasteiger partial charge is 0.340 e. The quantitative estimate of drug-likeness (QED) is 0.776. The van der Waals surface area contributed by atoms with Gasteiger partial charge >= 0.3 is 0 Å². The molecule has 0 saturated carbocycles. The second kappa shape index (κ2) is 4.37. The Bertz CT molecular complexity index is 311. The lowest BCUT2D eigenvalue weighted by molar-refractivity contribution is 0.675. The van der Waals surface area contributed by atoms with Crippen LogP contribution >= 0.6 is 0 Å². The van der Waals surface area contributed by atoms with Gasteiger partial charge in [-0.15, -0.1) is 0 Å². The summed E-state index contributed by atoms with van der Waals surface area (Å²) < 4.78 is 0. The van der Waals surface area contributed by atoms with E-state index in [0.717, 1.165) is 17.2 Å². The van der Waals surface area contributed by atoms with Gasteiger partial charge in [0.15, 0.2) is 0 Å². The number of hydrogen-bond donors (Lipinski definition) is 1. The Kier molecular flexibility index (Phi) is 3.41. The van der Waals surface area contributed by atoms with Crippen molar-refractivity contribution in [3.8, 4) is 0 Å². The van der Waals surface area contributed by atoms with Crippen LogP contribution < -0.4 is 10.6 Å². The zero-order valence-corrected chi connectivity index (χ0v) is 9.28. The molecule has 14 heavy (non-hydrogen) atoms. The summed E-state index contributed by atoms with van der Waals surface area (Å²) in [7, 11) is 1.96. The highest BCUT2D eigenvalue weighted by atomic mass is 15.3. The molecule has 0 fully saturated rings. The lowest BCUT2D eigenvalue weighted by Gasteiger charge is -2.23. The first-order valence-corrected chi connectivity index (χ1v) is 4.79. The minimum absolute atomic E-state index is 0.261. The third kappa shape index (κ3) is 2.20. The number of likely N-dealkylation sites (N-methyl/N-ethyl adjacent to an activating group) is 1. The molecule has 0 aliphatic carbocycles. The van der Waals surface area contributed by atoms with Crippen LogP contribution in [-0.2, 0) is 0 Å². The minimum atomic E-state index is 0.261. The summed E-state index contributed by atoms with van der Waals surface area (Å²) in [6.07, 6.45) is 1.84. The average molecular weight is 194 g/mol. The molecule has 1 unspecified atom stereocenters. The van der Waals surface area contributed by atoms with E-state index in [-0.39, 0.29) is 6.04 Å². The van der Waals surface area contributed by atoms with Crippen molar-refractivity contribution in [1.82, 2.24) is 9.97 Å². The third-order valence-corrected chi connectivity index (χ3v) is 2.53. The van der Waals surface area contributed by atoms with Gasteiger partial charge in [-0.3, -0.25) is 0 Å². The summed E-state index contributed by atoms with van der Waals surface area (Å²) in [5, 5.41) is 0. The molecule has 1 aromatic heterocycles. The second-order valence-electron chi connectivity index (χ2n) is 3.63. The number of hydrogen-bond acceptors (Lipinski definition) is 4. The van der Waals surface area contributed by atoms with E-state index in [4.69, 9.17) is 5.73 Å². The minimum Gasteiger partial charge on any atom is -0.340 e. The first-order chi connectivity index (χ1) is 6.56. The van der Waals surface area contributed by atoms with Crippen LogP contribution in [-0.4, -0.2) is 29.6 Å². The Morgan fingerprint density at radius 1 is 1.50 bits per heavy atom. The van der Waals surface area contributed by atoms with Gasteiger partial charge < -0.3 is 10.6 Å². The van der Waals surface area contributed by atoms with Gasteiger partial charge in [0.2, 0.25) is 5.95 Å². The van der Waals surface area contributed by atoms with E-state index < -0.39 is 0 Å². The fourth-order valence-corrected chi connectivity index (χ4v) is 1.04. The lowest BCUT2D eigenvalue weighted by Crippen LogP contribution is -2.36. The Labute approximate surface area is 85.2 Å². The molecule has 1 rings (SSSR count). The molecule has 0 aliphatic heterocycles. The van der Waals surface area contributed by atoms with Gasteiger partial charge in [-0.1, -0.05) is 0 Å². The van der Waals surface area contributed by atoms with Gasteiger partial charge in [0.25, 0.3) is 0 Å². The Morgan fingerprint density at radius 2 is 2.14 bits per heavy atom. The molecular formula is C10H18N4. The third-order valence-electron chi connectivity index (χ3n) is 2.53. The van der Waals surface area contributed by atoms with Crippen LogP contribution in [0.5, 0.6) is 0 Å². The van der Waals surface area contributed by atoms with Crippen molar-refractivity contribution < 1.29 is 0 Å². The number of nitrogens with two attached hydrogens (primary N) is 1. The molecule has 0 aliphatic rings. The predicted molar refractivity (Wildman–Crippen MR) is 58.4 cm³/mol. The molecule has 4 nitrogen and oxygen atoms in total. The van der Waals surface area contributed by atoms with Gasteiger partial charge in [0.05, 0.1) is 0 Å². The maximum Gasteiger partial charge on any atom is 0.225 e. The van der Waals surface area contributed by atoms with Crippen molar-refractivity contribution in [2.75, 3.05) is 18.5 Å². The standard InChI is InChI=1S/C10H18N4/c1-7-6-12-10(13-9(7)3)14(4)8(2)5-11/h6,8H,5,11H2,1-4H3. The molecule has 1 atom stereocenters. The van der Waals surface area contributed by atoms with Crippen LogP contribution in [0.15, 0.2) is 6.20 Å². The van der Waals surface area contributed by atoms with Crippen molar-refractivity contribution in [3.63, 3.8) is 0 Å². The number of anilines is 1. The molecule has 1 heterocycles. The first-order valence-electron chi connectivity index (χ1n) is 4.79. The van der Waals surface area contributed by atoms with Crippen LogP contribution in [0.4, 0.5) is 5.95 Å². The van der Waals surface area contributed by atoms with Crippen LogP contribution in [0.2, 0.25) is 0 Å². The summed E-state index contributed by atoms with van der Waals surface area (Å²) in [5.74, 6) is 0.742. The molecule has 0 aromatic carbocycles. The van der Waals surface area contributed by atoms with Crippen LogP contribution in [0.3, 0.4) is 0 Å². The Balaban J connectivity index is 2.91. The molecule has 0 saturated heterocycles. The van der Waals surface area contributed by atoms with Crippen molar-refractivity contribution in [1.29, 1.82) is 0 Å². The predicted octanol–water partition coefficient (Wildman–Crippen LogP) is 0.877. The van der Waals surface area contributed by atoms with E-state index in [0.29, 0.717) is 6.54 Å². The summed E-state index contributed by atoms with van der Waals surface area (Å²) in [6.45, 7) is 6.65. The fourth-order valence-electron chi connectivity index (χ4n) is 1.04. The van der Waals surface area contributed by atoms with Crippen molar-refractivity contribution in [2.45, 2.75) is 26.8 Å². The first kappa shape index (κ1) is 10.9. The SMILES string of the molecule is Cc1cnc(N(C)C(C)CN)nc1C. The lowest BCUT2D eigenvalue weighted by atomic mass is 10.3. The summed E-state index contributed by atoms with van der Waals surface area (Å²) in [5.41, 5.74) is 7.71. The molecular weight excluding hydrogens is 176 g/mol. The van der Waals surface area contributed by atoms with Gasteiger partial charge in [-0.2, -0.15) is 0 Å². The molecule has 4 heteroatoms. The number of rotatable bonds is 3. The normalized spacial score (nSPS) is 12.6. The van der Waals surface area contributed by atoms with Crippen molar-refractivity contribution >= 4 is 5.95 Å². The zero-order valence-electron chi connectivity index (χ0n) is 9.28. The van der Waals surface area contributed by atoms with Gasteiger partial charge in [0.1, 0.15) is 0 Å². The summed E-state index contributed by atoms with van der Waals surface area (Å²) >= 11 is 0. The highest BCUT2D eigenvalue weighted by Crippen LogP contribution is 2.10. The van der Waals surface area contributed by atoms with Gasteiger partial charge in [-0.25, -0.2) is 9.97 Å². The van der Waals surface area contributed by atoms with Crippen molar-refractivity contribution in [2.24, 2.45) is 5.73 Å². The van der Waals surface area contributed by atoms with Gasteiger partial charge in [-0.05, 0) is 26.3 Å². The molecule has 1 aromatic rings. The van der Waals surface area contributed by atoms with E-state index in [1.807, 2.05) is 32.0 Å². The van der Waals surface area contributed by atoms with E-state index in [2.05, 4.69) is 16.9 Å². The monoisotopic (exact) mass is 194 g/mol. The number of aryl methyl sites for hydroxylation is 2. The highest BCUT2D eigenvalue weighted by Gasteiger charge is 2.11. The molecule has 78 valence electrons. The molecule has 0 bridgehead atoms. The second-order valence-corrected chi connectivity index (χ2v) is 3.63. The summed E-state index contributed by atoms with van der Waals surface area (Å²) in [4.78, 5) is 10.7. The molecule has 0 amide bonds. The maximum absolute atomic E-state index is 5.58. The molecule has 0 spiro atoms. The van der Waals surface area contributed by atoms with E-state index in [1.54, 1.807) is 0 Å².